The van der Waals surface area contributed by atoms with E-state index in [0.717, 1.165) is 31.0 Å². The Bertz CT molecular complexity index is 421. The Morgan fingerprint density at radius 2 is 1.95 bits per heavy atom. The molecule has 1 rings (SSSR count). The number of aromatic nitrogens is 1. The van der Waals surface area contributed by atoms with Crippen molar-refractivity contribution in [1.29, 1.82) is 0 Å². The largest absolute Gasteiger partial charge is 0.356 e. The minimum atomic E-state index is 0.237. The first-order chi connectivity index (χ1) is 9.25. The maximum absolute atomic E-state index is 4.69. The zero-order chi connectivity index (χ0) is 15.3. The van der Waals surface area contributed by atoms with Crippen LogP contribution in [0.2, 0.25) is 0 Å². The van der Waals surface area contributed by atoms with E-state index in [9.17, 15) is 0 Å². The predicted molar refractivity (Wildman–Crippen MR) is 88.3 cm³/mol. The molecule has 0 radical (unpaired) electrons. The molecule has 1 unspecified atom stereocenters. The average Bonchev–Trinajstić information content (AvgIpc) is 2.35. The molecule has 0 saturated carbocycles. The second-order valence-electron chi connectivity index (χ2n) is 6.80. The summed E-state index contributed by atoms with van der Waals surface area (Å²) in [5, 5.41) is 3.46. The van der Waals surface area contributed by atoms with Crippen LogP contribution < -0.4 is 10.2 Å². The van der Waals surface area contributed by atoms with Gasteiger partial charge in [-0.05, 0) is 49.9 Å². The molecule has 1 heterocycles. The summed E-state index contributed by atoms with van der Waals surface area (Å²) in [4.78, 5) is 6.98. The Labute approximate surface area is 124 Å². The summed E-state index contributed by atoms with van der Waals surface area (Å²) in [5.74, 6) is 1.07. The molecule has 0 aliphatic heterocycles. The molecule has 0 aromatic carbocycles. The fourth-order valence-corrected chi connectivity index (χ4v) is 2.19. The number of hydrogen-bond acceptors (Lipinski definition) is 3. The zero-order valence-electron chi connectivity index (χ0n) is 14.2. The lowest BCUT2D eigenvalue weighted by Crippen LogP contribution is -2.40. The summed E-state index contributed by atoms with van der Waals surface area (Å²) in [6, 6.07) is 4.81. The highest BCUT2D eigenvalue weighted by atomic mass is 15.2. The Balaban J connectivity index is 2.89. The van der Waals surface area contributed by atoms with Crippen molar-refractivity contribution in [3.05, 3.63) is 23.4 Å². The zero-order valence-corrected chi connectivity index (χ0v) is 14.2. The molecule has 114 valence electrons. The summed E-state index contributed by atoms with van der Waals surface area (Å²) in [7, 11) is 2.14. The molecule has 0 saturated heterocycles. The minimum Gasteiger partial charge on any atom is -0.356 e. The van der Waals surface area contributed by atoms with Crippen molar-refractivity contribution in [1.82, 2.24) is 10.3 Å². The van der Waals surface area contributed by atoms with Gasteiger partial charge in [0.1, 0.15) is 5.82 Å². The van der Waals surface area contributed by atoms with Gasteiger partial charge in [-0.15, -0.1) is 0 Å². The first-order valence-corrected chi connectivity index (χ1v) is 7.66. The third-order valence-electron chi connectivity index (χ3n) is 3.95. The lowest BCUT2D eigenvalue weighted by atomic mass is 9.87. The molecule has 1 aromatic heterocycles. The van der Waals surface area contributed by atoms with Crippen LogP contribution in [0.4, 0.5) is 5.82 Å². The summed E-state index contributed by atoms with van der Waals surface area (Å²) in [6.07, 6.45) is 1.16. The highest BCUT2D eigenvalue weighted by Crippen LogP contribution is 2.26. The number of nitrogens with one attached hydrogen (secondary N) is 1. The van der Waals surface area contributed by atoms with Gasteiger partial charge in [-0.1, -0.05) is 27.7 Å². The van der Waals surface area contributed by atoms with Crippen LogP contribution in [0.25, 0.3) is 0 Å². The van der Waals surface area contributed by atoms with Crippen LogP contribution >= 0.6 is 0 Å². The molecule has 0 aliphatic carbocycles. The standard InChI is InChI=1S/C17H31N3/c1-8-9-18-12-15-10-13(2)19-16(11-15)20(7)14(3)17(4,5)6/h10-11,14,18H,8-9,12H2,1-7H3. The second-order valence-corrected chi connectivity index (χ2v) is 6.80. The van der Waals surface area contributed by atoms with E-state index in [2.05, 4.69) is 70.9 Å². The van der Waals surface area contributed by atoms with Crippen molar-refractivity contribution >= 4 is 5.82 Å². The van der Waals surface area contributed by atoms with Crippen molar-refractivity contribution in [2.75, 3.05) is 18.5 Å². The van der Waals surface area contributed by atoms with E-state index in [1.54, 1.807) is 0 Å². The van der Waals surface area contributed by atoms with E-state index in [1.807, 2.05) is 0 Å². The molecule has 0 fully saturated rings. The van der Waals surface area contributed by atoms with E-state index in [0.29, 0.717) is 6.04 Å². The Kier molecular flexibility index (Phi) is 6.00. The summed E-state index contributed by atoms with van der Waals surface area (Å²) < 4.78 is 0. The van der Waals surface area contributed by atoms with Gasteiger partial charge in [0.15, 0.2) is 0 Å². The molecule has 3 nitrogen and oxygen atoms in total. The SMILES string of the molecule is CCCNCc1cc(C)nc(N(C)C(C)C(C)(C)C)c1. The van der Waals surface area contributed by atoms with Gasteiger partial charge < -0.3 is 10.2 Å². The van der Waals surface area contributed by atoms with Crippen LogP contribution in [-0.2, 0) is 6.54 Å². The van der Waals surface area contributed by atoms with Crippen LogP contribution in [-0.4, -0.2) is 24.6 Å². The second kappa shape index (κ2) is 7.07. The molecular formula is C17H31N3. The first kappa shape index (κ1) is 17.0. The van der Waals surface area contributed by atoms with E-state index in [4.69, 9.17) is 4.98 Å². The van der Waals surface area contributed by atoms with Crippen molar-refractivity contribution in [2.45, 2.75) is 60.5 Å². The van der Waals surface area contributed by atoms with E-state index < -0.39 is 0 Å². The third kappa shape index (κ3) is 4.78. The summed E-state index contributed by atoms with van der Waals surface area (Å²) >= 11 is 0. The van der Waals surface area contributed by atoms with Gasteiger partial charge >= 0.3 is 0 Å². The maximum atomic E-state index is 4.69. The van der Waals surface area contributed by atoms with E-state index in [1.165, 1.54) is 5.56 Å². The summed E-state index contributed by atoms with van der Waals surface area (Å²) in [6.45, 7) is 15.3. The Hall–Kier alpha value is -1.09. The lowest BCUT2D eigenvalue weighted by molar-refractivity contribution is 0.328. The van der Waals surface area contributed by atoms with Gasteiger partial charge in [-0.25, -0.2) is 4.98 Å². The van der Waals surface area contributed by atoms with Crippen LogP contribution in [0.5, 0.6) is 0 Å². The highest BCUT2D eigenvalue weighted by Gasteiger charge is 2.24. The number of anilines is 1. The number of pyridine rings is 1. The third-order valence-corrected chi connectivity index (χ3v) is 3.95. The number of hydrogen-bond donors (Lipinski definition) is 1. The molecule has 1 atom stereocenters. The minimum absolute atomic E-state index is 0.237. The molecule has 0 spiro atoms. The molecule has 1 aromatic rings. The fraction of sp³-hybridized carbons (Fsp3) is 0.706. The molecular weight excluding hydrogens is 246 g/mol. The highest BCUT2D eigenvalue weighted by molar-refractivity contribution is 5.43. The van der Waals surface area contributed by atoms with Crippen LogP contribution in [0, 0.1) is 12.3 Å². The van der Waals surface area contributed by atoms with E-state index in [-0.39, 0.29) is 5.41 Å². The number of rotatable bonds is 6. The number of aryl methyl sites for hydroxylation is 1. The van der Waals surface area contributed by atoms with Gasteiger partial charge in [0.05, 0.1) is 0 Å². The molecule has 3 heteroatoms. The maximum Gasteiger partial charge on any atom is 0.129 e. The monoisotopic (exact) mass is 277 g/mol. The quantitative estimate of drug-likeness (QED) is 0.802. The van der Waals surface area contributed by atoms with E-state index >= 15 is 0 Å². The van der Waals surface area contributed by atoms with Gasteiger partial charge in [0.2, 0.25) is 0 Å². The van der Waals surface area contributed by atoms with Gasteiger partial charge in [-0.3, -0.25) is 0 Å². The molecule has 0 amide bonds. The molecule has 0 bridgehead atoms. The van der Waals surface area contributed by atoms with Gasteiger partial charge in [0, 0.05) is 25.3 Å². The van der Waals surface area contributed by atoms with Crippen molar-refractivity contribution < 1.29 is 0 Å². The van der Waals surface area contributed by atoms with Crippen molar-refractivity contribution in [3.63, 3.8) is 0 Å². The fourth-order valence-electron chi connectivity index (χ4n) is 2.19. The topological polar surface area (TPSA) is 28.2 Å². The predicted octanol–water partition coefficient (Wildman–Crippen LogP) is 3.76. The molecule has 20 heavy (non-hydrogen) atoms. The van der Waals surface area contributed by atoms with Gasteiger partial charge in [0.25, 0.3) is 0 Å². The van der Waals surface area contributed by atoms with Crippen molar-refractivity contribution in [3.8, 4) is 0 Å². The summed E-state index contributed by atoms with van der Waals surface area (Å²) in [5.41, 5.74) is 2.64. The van der Waals surface area contributed by atoms with Crippen molar-refractivity contribution in [2.24, 2.45) is 5.41 Å². The smallest absolute Gasteiger partial charge is 0.129 e. The van der Waals surface area contributed by atoms with Crippen LogP contribution in [0.1, 0.15) is 52.3 Å². The normalized spacial score (nSPS) is 13.3. The Morgan fingerprint density at radius 3 is 2.50 bits per heavy atom. The lowest BCUT2D eigenvalue weighted by Gasteiger charge is -2.36. The first-order valence-electron chi connectivity index (χ1n) is 7.66. The van der Waals surface area contributed by atoms with Gasteiger partial charge in [-0.2, -0.15) is 0 Å². The average molecular weight is 277 g/mol. The Morgan fingerprint density at radius 1 is 1.30 bits per heavy atom. The molecule has 0 aliphatic rings. The van der Waals surface area contributed by atoms with Crippen LogP contribution in [0.3, 0.4) is 0 Å². The molecule has 1 N–H and O–H groups in total. The number of nitrogens with zero attached hydrogens (tertiary/aromatic N) is 2. The van der Waals surface area contributed by atoms with Crippen LogP contribution in [0.15, 0.2) is 12.1 Å².